The van der Waals surface area contributed by atoms with E-state index < -0.39 is 12.1 Å². The van der Waals surface area contributed by atoms with Crippen LogP contribution in [0.2, 0.25) is 0 Å². The van der Waals surface area contributed by atoms with Crippen LogP contribution in [0, 0.1) is 11.3 Å². The van der Waals surface area contributed by atoms with Gasteiger partial charge in [0.15, 0.2) is 11.5 Å². The number of carbonyl (C=O) groups is 3. The van der Waals surface area contributed by atoms with Crippen molar-refractivity contribution in [3.63, 3.8) is 0 Å². The van der Waals surface area contributed by atoms with Crippen LogP contribution in [0.1, 0.15) is 59.0 Å². The van der Waals surface area contributed by atoms with Crippen LogP contribution in [0.4, 0.5) is 23.7 Å². The van der Waals surface area contributed by atoms with Crippen molar-refractivity contribution in [2.45, 2.75) is 37.8 Å². The van der Waals surface area contributed by atoms with E-state index >= 15 is 0 Å². The van der Waals surface area contributed by atoms with Crippen LogP contribution in [0.15, 0.2) is 30.5 Å². The molecule has 5 N–H and O–H groups in total. The van der Waals surface area contributed by atoms with Gasteiger partial charge in [-0.1, -0.05) is 12.1 Å². The van der Waals surface area contributed by atoms with Gasteiger partial charge in [-0.15, -0.1) is 0 Å². The zero-order chi connectivity index (χ0) is 26.3. The maximum atomic E-state index is 12.6. The molecule has 0 saturated carbocycles. The number of hydrogen-bond acceptors (Lipinski definition) is 5. The van der Waals surface area contributed by atoms with E-state index in [1.807, 2.05) is 18.2 Å². The van der Waals surface area contributed by atoms with Gasteiger partial charge in [-0.3, -0.25) is 4.79 Å². The first-order valence-corrected chi connectivity index (χ1v) is 11.0. The Morgan fingerprint density at radius 1 is 1.19 bits per heavy atom. The van der Waals surface area contributed by atoms with Crippen LogP contribution >= 0.6 is 0 Å². The maximum Gasteiger partial charge on any atom is 0.490 e. The number of aromatic amines is 1. The van der Waals surface area contributed by atoms with Crippen molar-refractivity contribution in [1.29, 1.82) is 5.26 Å². The number of imidazole rings is 1. The predicted molar refractivity (Wildman–Crippen MR) is 122 cm³/mol. The molecule has 2 aliphatic rings. The molecular weight excluding hydrogens is 481 g/mol. The number of carboxylic acids is 1. The van der Waals surface area contributed by atoms with Crippen molar-refractivity contribution < 1.29 is 32.7 Å². The fraction of sp³-hybridized carbons (Fsp3) is 0.348. The minimum absolute atomic E-state index is 0.105. The maximum absolute atomic E-state index is 12.6. The highest BCUT2D eigenvalue weighted by atomic mass is 19.4. The molecule has 0 spiro atoms. The van der Waals surface area contributed by atoms with Gasteiger partial charge >= 0.3 is 18.2 Å². The Bertz CT molecular complexity index is 1210. The molecular formula is C23H23F3N6O4. The number of carboxylic acid groups (broad SMARTS) is 1. The number of hydrogen-bond donors (Lipinski definition) is 5. The van der Waals surface area contributed by atoms with Gasteiger partial charge in [0, 0.05) is 36.5 Å². The second-order valence-electron chi connectivity index (χ2n) is 8.07. The van der Waals surface area contributed by atoms with Crippen LogP contribution in [-0.2, 0) is 4.79 Å². The van der Waals surface area contributed by atoms with Gasteiger partial charge in [-0.25, -0.2) is 14.6 Å². The molecule has 1 aliphatic heterocycles. The zero-order valence-corrected chi connectivity index (χ0v) is 18.9. The lowest BCUT2D eigenvalue weighted by atomic mass is 9.88. The monoisotopic (exact) mass is 504 g/mol. The number of aliphatic carboxylic acids is 1. The van der Waals surface area contributed by atoms with E-state index in [4.69, 9.17) is 15.2 Å². The molecule has 0 unspecified atom stereocenters. The number of benzene rings is 1. The van der Waals surface area contributed by atoms with Gasteiger partial charge < -0.3 is 26.0 Å². The predicted octanol–water partition coefficient (Wildman–Crippen LogP) is 3.52. The number of carbonyl (C=O) groups excluding carboxylic acids is 2. The number of H-pyrrole nitrogens is 1. The number of allylic oxidation sites excluding steroid dienone is 2. The smallest absolute Gasteiger partial charge is 0.475 e. The Labute approximate surface area is 203 Å². The number of rotatable bonds is 4. The molecule has 1 aromatic carbocycles. The summed E-state index contributed by atoms with van der Waals surface area (Å²) in [5.41, 5.74) is 4.22. The SMILES string of the molecule is N#Cc1c[nH]c(C(=O)Nc2ccc(C3CNC(=O)NC3)cc2C2=CCCCC2)n1.O=C(O)C(F)(F)F. The molecule has 190 valence electrons. The van der Waals surface area contributed by atoms with E-state index in [2.05, 4.69) is 38.1 Å². The second kappa shape index (κ2) is 11.4. The summed E-state index contributed by atoms with van der Waals surface area (Å²) in [6, 6.07) is 7.76. The molecule has 3 amide bonds. The number of halogens is 3. The number of nitriles is 1. The van der Waals surface area contributed by atoms with E-state index in [0.717, 1.165) is 36.1 Å². The van der Waals surface area contributed by atoms with Gasteiger partial charge in [-0.05, 0) is 49.0 Å². The molecule has 1 aliphatic carbocycles. The molecule has 13 heteroatoms. The number of urea groups is 1. The van der Waals surface area contributed by atoms with Crippen molar-refractivity contribution in [3.05, 3.63) is 53.1 Å². The fourth-order valence-electron chi connectivity index (χ4n) is 3.75. The van der Waals surface area contributed by atoms with Gasteiger partial charge in [0.05, 0.1) is 0 Å². The molecule has 1 aromatic heterocycles. The highest BCUT2D eigenvalue weighted by Crippen LogP contribution is 2.34. The molecule has 1 fully saturated rings. The second-order valence-corrected chi connectivity index (χ2v) is 8.07. The minimum Gasteiger partial charge on any atom is -0.475 e. The Morgan fingerprint density at radius 3 is 2.44 bits per heavy atom. The minimum atomic E-state index is -5.08. The summed E-state index contributed by atoms with van der Waals surface area (Å²) in [4.78, 5) is 39.6. The Balaban J connectivity index is 0.000000454. The molecule has 10 nitrogen and oxygen atoms in total. The summed E-state index contributed by atoms with van der Waals surface area (Å²) in [6.45, 7) is 1.17. The van der Waals surface area contributed by atoms with E-state index in [9.17, 15) is 22.8 Å². The van der Waals surface area contributed by atoms with E-state index in [1.165, 1.54) is 18.2 Å². The van der Waals surface area contributed by atoms with Crippen molar-refractivity contribution in [3.8, 4) is 6.07 Å². The van der Waals surface area contributed by atoms with Crippen LogP contribution < -0.4 is 16.0 Å². The Morgan fingerprint density at radius 2 is 1.89 bits per heavy atom. The largest absolute Gasteiger partial charge is 0.490 e. The first-order chi connectivity index (χ1) is 17.1. The third-order valence-electron chi connectivity index (χ3n) is 5.57. The number of amides is 3. The first-order valence-electron chi connectivity index (χ1n) is 11.0. The van der Waals surface area contributed by atoms with Gasteiger partial charge in [-0.2, -0.15) is 18.4 Å². The lowest BCUT2D eigenvalue weighted by molar-refractivity contribution is -0.192. The normalized spacial score (nSPS) is 15.8. The average molecular weight is 504 g/mol. The van der Waals surface area contributed by atoms with E-state index in [0.29, 0.717) is 13.1 Å². The van der Waals surface area contributed by atoms with E-state index in [-0.39, 0.29) is 29.4 Å². The topological polar surface area (TPSA) is 160 Å². The summed E-state index contributed by atoms with van der Waals surface area (Å²) in [5, 5.41) is 24.6. The molecule has 0 bridgehead atoms. The molecule has 4 rings (SSSR count). The number of anilines is 1. The van der Waals surface area contributed by atoms with Crippen LogP contribution in [0.3, 0.4) is 0 Å². The highest BCUT2D eigenvalue weighted by Gasteiger charge is 2.38. The molecule has 0 atom stereocenters. The molecule has 2 heterocycles. The quantitative estimate of drug-likeness (QED) is 0.428. The standard InChI is InChI=1S/C21H22N6O2.C2HF3O2/c22-9-16-12-23-19(26-16)20(28)27-18-7-6-14(15-10-24-21(29)25-11-15)8-17(18)13-4-2-1-3-5-13;3-2(4,5)1(6)7/h4,6-8,12,15H,1-3,5,10-11H2,(H,23,26)(H,27,28)(H2,24,25,29);(H,6,7). The van der Waals surface area contributed by atoms with Crippen LogP contribution in [0.5, 0.6) is 0 Å². The summed E-state index contributed by atoms with van der Waals surface area (Å²) in [5.74, 6) is -2.87. The third kappa shape index (κ3) is 6.84. The number of nitrogens with one attached hydrogen (secondary N) is 4. The van der Waals surface area contributed by atoms with Crippen LogP contribution in [0.25, 0.3) is 5.57 Å². The van der Waals surface area contributed by atoms with Gasteiger partial charge in [0.25, 0.3) is 5.91 Å². The zero-order valence-electron chi connectivity index (χ0n) is 18.9. The summed E-state index contributed by atoms with van der Waals surface area (Å²) >= 11 is 0. The number of alkyl halides is 3. The third-order valence-corrected chi connectivity index (χ3v) is 5.57. The lowest BCUT2D eigenvalue weighted by Crippen LogP contribution is -2.47. The summed E-state index contributed by atoms with van der Waals surface area (Å²) in [6.07, 6.45) is 2.84. The van der Waals surface area contributed by atoms with Crippen LogP contribution in [-0.4, -0.2) is 52.2 Å². The molecule has 1 saturated heterocycles. The molecule has 2 aromatic rings. The van der Waals surface area contributed by atoms with Gasteiger partial charge in [0.2, 0.25) is 0 Å². The lowest BCUT2D eigenvalue weighted by Gasteiger charge is -2.26. The average Bonchev–Trinajstić information content (AvgIpc) is 3.35. The number of aromatic nitrogens is 2. The van der Waals surface area contributed by atoms with Gasteiger partial charge in [0.1, 0.15) is 6.07 Å². The fourth-order valence-corrected chi connectivity index (χ4v) is 3.75. The van der Waals surface area contributed by atoms with Crippen molar-refractivity contribution in [1.82, 2.24) is 20.6 Å². The summed E-state index contributed by atoms with van der Waals surface area (Å²) < 4.78 is 31.7. The molecule has 0 radical (unpaired) electrons. The number of nitrogens with zero attached hydrogens (tertiary/aromatic N) is 2. The molecule has 36 heavy (non-hydrogen) atoms. The van der Waals surface area contributed by atoms with Crippen molar-refractivity contribution in [2.24, 2.45) is 0 Å². The van der Waals surface area contributed by atoms with E-state index in [1.54, 1.807) is 0 Å². The van der Waals surface area contributed by atoms with Crippen molar-refractivity contribution >= 4 is 29.2 Å². The Kier molecular flexibility index (Phi) is 8.31. The van der Waals surface area contributed by atoms with Crippen molar-refractivity contribution in [2.75, 3.05) is 18.4 Å². The first kappa shape index (κ1) is 26.3. The Hall–Kier alpha value is -4.34. The highest BCUT2D eigenvalue weighted by molar-refractivity contribution is 6.03. The summed E-state index contributed by atoms with van der Waals surface area (Å²) in [7, 11) is 0.